The van der Waals surface area contributed by atoms with E-state index in [1.807, 2.05) is 0 Å². The molecule has 0 bridgehead atoms. The molecule has 0 fully saturated rings. The zero-order chi connectivity index (χ0) is 15.3. The first-order valence-electron chi connectivity index (χ1n) is 5.38. The third kappa shape index (κ3) is 5.16. The molecule has 0 heterocycles. The highest BCUT2D eigenvalue weighted by molar-refractivity contribution is 7.91. The van der Waals surface area contributed by atoms with Crippen molar-refractivity contribution < 1.29 is 8.42 Å². The topological polar surface area (TPSA) is 84.2 Å². The van der Waals surface area contributed by atoms with Crippen molar-refractivity contribution in [3.05, 3.63) is 40.0 Å². The van der Waals surface area contributed by atoms with E-state index < -0.39 is 9.84 Å². The summed E-state index contributed by atoms with van der Waals surface area (Å²) < 4.78 is 24.3. The van der Waals surface area contributed by atoms with Gasteiger partial charge in [0.25, 0.3) is 0 Å². The summed E-state index contributed by atoms with van der Waals surface area (Å²) >= 11 is 16.3. The predicted molar refractivity (Wildman–Crippen MR) is 85.3 cm³/mol. The first-order valence-corrected chi connectivity index (χ1v) is 8.20. The Morgan fingerprint density at radius 3 is 2.65 bits per heavy atom. The molecule has 0 radical (unpaired) electrons. The van der Waals surface area contributed by atoms with Gasteiger partial charge in [0.15, 0.2) is 14.9 Å². The van der Waals surface area contributed by atoms with E-state index in [1.165, 1.54) is 24.3 Å². The Kier molecular flexibility index (Phi) is 6.07. The van der Waals surface area contributed by atoms with Crippen LogP contribution in [-0.2, 0) is 9.84 Å². The van der Waals surface area contributed by atoms with Crippen molar-refractivity contribution in [3.63, 3.8) is 0 Å². The second-order valence-electron chi connectivity index (χ2n) is 3.86. The molecule has 1 aromatic rings. The molecule has 20 heavy (non-hydrogen) atoms. The molecule has 0 amide bonds. The first kappa shape index (κ1) is 17.0. The maximum Gasteiger partial charge on any atom is 0.183 e. The van der Waals surface area contributed by atoms with E-state index in [2.05, 4.69) is 23.1 Å². The number of nitrogens with two attached hydrogens (primary N) is 1. The number of rotatable bonds is 5. The predicted octanol–water partition coefficient (Wildman–Crippen LogP) is 2.01. The van der Waals surface area contributed by atoms with Crippen LogP contribution in [0.5, 0.6) is 0 Å². The van der Waals surface area contributed by atoms with Crippen molar-refractivity contribution >= 4 is 50.4 Å². The van der Waals surface area contributed by atoms with Gasteiger partial charge in [-0.15, -0.1) is 0 Å². The lowest BCUT2D eigenvalue weighted by Gasteiger charge is -2.08. The minimum Gasteiger partial charge on any atom is -0.375 e. The minimum absolute atomic E-state index is 0.00183. The normalized spacial score (nSPS) is 12.1. The molecular weight excluding hydrogens is 341 g/mol. The summed E-state index contributed by atoms with van der Waals surface area (Å²) in [6.45, 7) is 1.67. The molecule has 1 rings (SSSR count). The number of thiocarbonyl (C=S) groups is 1. The fraction of sp³-hybridized carbons (Fsp3) is 0.182. The van der Waals surface area contributed by atoms with E-state index in [9.17, 15) is 8.42 Å². The van der Waals surface area contributed by atoms with Crippen LogP contribution in [0.15, 0.2) is 34.9 Å². The van der Waals surface area contributed by atoms with E-state index in [0.29, 0.717) is 10.7 Å². The van der Waals surface area contributed by atoms with Crippen LogP contribution < -0.4 is 16.6 Å². The number of hydrogen-bond donors (Lipinski definition) is 3. The smallest absolute Gasteiger partial charge is 0.183 e. The van der Waals surface area contributed by atoms with Crippen LogP contribution in [-0.4, -0.2) is 19.3 Å². The third-order valence-electron chi connectivity index (χ3n) is 2.22. The Hall–Kier alpha value is -1.02. The highest BCUT2D eigenvalue weighted by atomic mass is 35.5. The van der Waals surface area contributed by atoms with Crippen molar-refractivity contribution in [2.75, 3.05) is 5.75 Å². The Bertz CT molecular complexity index is 645. The number of nitrogens with one attached hydrogen (secondary N) is 2. The van der Waals surface area contributed by atoms with Crippen molar-refractivity contribution in [1.29, 1.82) is 0 Å². The Balaban J connectivity index is 2.87. The minimum atomic E-state index is -3.57. The molecule has 0 saturated heterocycles. The second-order valence-corrected chi connectivity index (χ2v) is 7.14. The summed E-state index contributed by atoms with van der Waals surface area (Å²) in [5, 5.41) is 0.495. The van der Waals surface area contributed by atoms with Crippen molar-refractivity contribution in [1.82, 2.24) is 10.9 Å². The fourth-order valence-electron chi connectivity index (χ4n) is 1.25. The Labute approximate surface area is 133 Å². The van der Waals surface area contributed by atoms with Gasteiger partial charge in [-0.2, -0.15) is 0 Å². The molecule has 110 valence electrons. The van der Waals surface area contributed by atoms with Crippen LogP contribution in [0.25, 0.3) is 0 Å². The molecule has 1 aromatic carbocycles. The molecule has 0 aromatic heterocycles. The van der Waals surface area contributed by atoms with Gasteiger partial charge in [0, 0.05) is 10.7 Å². The van der Waals surface area contributed by atoms with Gasteiger partial charge in [-0.05, 0) is 43.4 Å². The molecule has 4 N–H and O–H groups in total. The van der Waals surface area contributed by atoms with E-state index >= 15 is 0 Å². The van der Waals surface area contributed by atoms with Crippen LogP contribution in [0, 0.1) is 0 Å². The average molecular weight is 354 g/mol. The van der Waals surface area contributed by atoms with Gasteiger partial charge in [0.2, 0.25) is 0 Å². The molecule has 0 atom stereocenters. The highest BCUT2D eigenvalue weighted by Crippen LogP contribution is 2.26. The summed E-state index contributed by atoms with van der Waals surface area (Å²) in [5.74, 6) is -0.231. The zero-order valence-corrected chi connectivity index (χ0v) is 13.6. The molecule has 0 aliphatic heterocycles. The van der Waals surface area contributed by atoms with Gasteiger partial charge in [0.1, 0.15) is 0 Å². The number of benzene rings is 1. The monoisotopic (exact) mass is 353 g/mol. The zero-order valence-electron chi connectivity index (χ0n) is 10.5. The summed E-state index contributed by atoms with van der Waals surface area (Å²) in [6, 6.07) is 4.29. The summed E-state index contributed by atoms with van der Waals surface area (Å²) in [5.41, 5.74) is 10.9. The Morgan fingerprint density at radius 2 is 2.05 bits per heavy atom. The largest absolute Gasteiger partial charge is 0.375 e. The number of sulfone groups is 1. The summed E-state index contributed by atoms with van der Waals surface area (Å²) in [6.07, 6.45) is 1.47. The van der Waals surface area contributed by atoms with E-state index in [0.717, 1.165) is 0 Å². The van der Waals surface area contributed by atoms with Crippen molar-refractivity contribution in [2.45, 2.75) is 11.8 Å². The van der Waals surface area contributed by atoms with Gasteiger partial charge in [-0.25, -0.2) is 8.42 Å². The lowest BCUT2D eigenvalue weighted by atomic mass is 10.4. The van der Waals surface area contributed by atoms with Crippen molar-refractivity contribution in [2.24, 2.45) is 5.73 Å². The van der Waals surface area contributed by atoms with Crippen LogP contribution in [0.3, 0.4) is 0 Å². The molecule has 0 unspecified atom stereocenters. The fourth-order valence-corrected chi connectivity index (χ4v) is 3.33. The molecule has 0 saturated carbocycles. The van der Waals surface area contributed by atoms with E-state index in [4.69, 9.17) is 28.9 Å². The molecular formula is C11H13Cl2N3O2S2. The van der Waals surface area contributed by atoms with E-state index in [-0.39, 0.29) is 20.8 Å². The van der Waals surface area contributed by atoms with Gasteiger partial charge in [-0.3, -0.25) is 5.43 Å². The highest BCUT2D eigenvalue weighted by Gasteiger charge is 2.17. The van der Waals surface area contributed by atoms with E-state index in [1.54, 1.807) is 6.92 Å². The number of hydrazine groups is 1. The van der Waals surface area contributed by atoms with Crippen LogP contribution in [0.4, 0.5) is 0 Å². The third-order valence-corrected chi connectivity index (χ3v) is 4.61. The van der Waals surface area contributed by atoms with Crippen molar-refractivity contribution in [3.8, 4) is 0 Å². The SMILES string of the molecule is C/C(=C/CS(=O)(=O)c1cc(Cl)ccc1Cl)NNC(N)=S. The van der Waals surface area contributed by atoms with Gasteiger partial charge >= 0.3 is 0 Å². The number of hydrogen-bond acceptors (Lipinski definition) is 4. The number of allylic oxidation sites excluding steroid dienone is 1. The quantitative estimate of drug-likeness (QED) is 0.554. The molecule has 0 aliphatic carbocycles. The standard InChI is InChI=1S/C11H13Cl2N3O2S2/c1-7(15-16-11(14)19)4-5-20(17,18)10-6-8(12)2-3-9(10)13/h2-4,6,15H,5H2,1H3,(H3,14,16,19)/b7-4-. The average Bonchev–Trinajstić information content (AvgIpc) is 2.36. The molecule has 9 heteroatoms. The van der Waals surface area contributed by atoms with Gasteiger partial charge in [0.05, 0.1) is 15.7 Å². The van der Waals surface area contributed by atoms with Gasteiger partial charge < -0.3 is 11.2 Å². The first-order chi connectivity index (χ1) is 9.22. The lowest BCUT2D eigenvalue weighted by Crippen LogP contribution is -2.39. The summed E-state index contributed by atoms with van der Waals surface area (Å²) in [4.78, 5) is -0.00183. The summed E-state index contributed by atoms with van der Waals surface area (Å²) in [7, 11) is -3.57. The molecule has 0 spiro atoms. The van der Waals surface area contributed by atoms with Crippen LogP contribution in [0.1, 0.15) is 6.92 Å². The Morgan fingerprint density at radius 1 is 1.40 bits per heavy atom. The van der Waals surface area contributed by atoms with Gasteiger partial charge in [-0.1, -0.05) is 23.2 Å². The maximum absolute atomic E-state index is 12.2. The maximum atomic E-state index is 12.2. The second kappa shape index (κ2) is 7.12. The lowest BCUT2D eigenvalue weighted by molar-refractivity contribution is 0.598. The van der Waals surface area contributed by atoms with Crippen LogP contribution in [0.2, 0.25) is 10.0 Å². The molecule has 5 nitrogen and oxygen atoms in total. The molecule has 0 aliphatic rings. The number of halogens is 2. The van der Waals surface area contributed by atoms with Crippen LogP contribution >= 0.6 is 35.4 Å².